The molecule has 1 aromatic carbocycles. The fraction of sp³-hybridized carbons (Fsp3) is 0.579. The van der Waals surface area contributed by atoms with Crippen LogP contribution in [0.25, 0.3) is 0 Å². The lowest BCUT2D eigenvalue weighted by Gasteiger charge is -2.41. The molecule has 24 heavy (non-hydrogen) atoms. The average Bonchev–Trinajstić information content (AvgIpc) is 2.61. The van der Waals surface area contributed by atoms with E-state index in [1.54, 1.807) is 31.3 Å². The van der Waals surface area contributed by atoms with E-state index in [0.717, 1.165) is 30.6 Å². The predicted molar refractivity (Wildman–Crippen MR) is 95.0 cm³/mol. The van der Waals surface area contributed by atoms with Crippen LogP contribution < -0.4 is 10.6 Å². The molecule has 2 N–H and O–H groups in total. The molecule has 0 bridgehead atoms. The predicted octanol–water partition coefficient (Wildman–Crippen LogP) is 2.50. The molecule has 2 fully saturated rings. The zero-order valence-electron chi connectivity index (χ0n) is 14.4. The van der Waals surface area contributed by atoms with Crippen molar-refractivity contribution in [2.75, 3.05) is 32.0 Å². The molecular formula is C19H27N3O2. The highest BCUT2D eigenvalue weighted by molar-refractivity contribution is 5.96. The van der Waals surface area contributed by atoms with Crippen molar-refractivity contribution in [3.8, 4) is 0 Å². The van der Waals surface area contributed by atoms with Gasteiger partial charge in [-0.2, -0.15) is 0 Å². The summed E-state index contributed by atoms with van der Waals surface area (Å²) in [6.07, 6.45) is 6.66. The van der Waals surface area contributed by atoms with Gasteiger partial charge >= 0.3 is 0 Å². The Labute approximate surface area is 143 Å². The summed E-state index contributed by atoms with van der Waals surface area (Å²) in [6, 6.07) is 7.00. The number of rotatable bonds is 4. The van der Waals surface area contributed by atoms with Crippen molar-refractivity contribution in [3.05, 3.63) is 29.8 Å². The summed E-state index contributed by atoms with van der Waals surface area (Å²) in [7, 11) is 1.60. The molecule has 1 aliphatic heterocycles. The monoisotopic (exact) mass is 329 g/mol. The molecule has 1 aliphatic carbocycles. The van der Waals surface area contributed by atoms with Gasteiger partial charge in [0, 0.05) is 24.8 Å². The Bertz CT molecular complexity index is 585. The maximum Gasteiger partial charge on any atom is 0.251 e. The Morgan fingerprint density at radius 2 is 1.79 bits per heavy atom. The lowest BCUT2D eigenvalue weighted by atomic mass is 9.75. The van der Waals surface area contributed by atoms with E-state index in [-0.39, 0.29) is 11.8 Å². The Kier molecular flexibility index (Phi) is 5.51. The molecule has 0 radical (unpaired) electrons. The maximum atomic E-state index is 12.3. The highest BCUT2D eigenvalue weighted by Crippen LogP contribution is 2.35. The summed E-state index contributed by atoms with van der Waals surface area (Å²) in [5, 5.41) is 5.52. The largest absolute Gasteiger partial charge is 0.355 e. The number of nitrogens with zero attached hydrogens (tertiary/aromatic N) is 1. The van der Waals surface area contributed by atoms with Gasteiger partial charge in [-0.15, -0.1) is 0 Å². The van der Waals surface area contributed by atoms with E-state index in [1.807, 2.05) is 0 Å². The summed E-state index contributed by atoms with van der Waals surface area (Å²) in [5.74, 6) is 1.57. The van der Waals surface area contributed by atoms with Gasteiger partial charge in [-0.1, -0.05) is 19.3 Å². The smallest absolute Gasteiger partial charge is 0.251 e. The van der Waals surface area contributed by atoms with Gasteiger partial charge < -0.3 is 10.6 Å². The van der Waals surface area contributed by atoms with Crippen molar-refractivity contribution in [1.82, 2.24) is 10.2 Å². The van der Waals surface area contributed by atoms with E-state index < -0.39 is 0 Å². The molecule has 5 heteroatoms. The first-order valence-electron chi connectivity index (χ1n) is 9.00. The fourth-order valence-corrected chi connectivity index (χ4v) is 4.07. The standard InChI is InChI=1S/C19H27N3O2/c1-20-19(24)15-6-8-17(9-7-15)21-18(23)13-22-11-10-14-4-2-3-5-16(14)12-22/h6-9,14,16H,2-5,10-13H2,1H3,(H,20,24)(H,21,23)/t14-,16-/m0/s1. The van der Waals surface area contributed by atoms with Crippen LogP contribution in [-0.2, 0) is 4.79 Å². The van der Waals surface area contributed by atoms with Crippen molar-refractivity contribution in [3.63, 3.8) is 0 Å². The molecule has 1 saturated heterocycles. The number of likely N-dealkylation sites (tertiary alicyclic amines) is 1. The Morgan fingerprint density at radius 1 is 1.08 bits per heavy atom. The summed E-state index contributed by atoms with van der Waals surface area (Å²) in [5.41, 5.74) is 1.33. The van der Waals surface area contributed by atoms with Crippen molar-refractivity contribution in [2.24, 2.45) is 11.8 Å². The van der Waals surface area contributed by atoms with E-state index in [1.165, 1.54) is 32.1 Å². The molecule has 2 amide bonds. The van der Waals surface area contributed by atoms with Crippen LogP contribution in [0.1, 0.15) is 42.5 Å². The quantitative estimate of drug-likeness (QED) is 0.892. The third-order valence-electron chi connectivity index (χ3n) is 5.40. The SMILES string of the molecule is CNC(=O)c1ccc(NC(=O)CN2CC[C@@H]3CCCC[C@H]3C2)cc1. The summed E-state index contributed by atoms with van der Waals surface area (Å²) in [6.45, 7) is 2.55. The van der Waals surface area contributed by atoms with Crippen molar-refractivity contribution < 1.29 is 9.59 Å². The number of fused-ring (bicyclic) bond motifs is 1. The number of piperidine rings is 1. The van der Waals surface area contributed by atoms with Crippen LogP contribution in [0.2, 0.25) is 0 Å². The van der Waals surface area contributed by atoms with Crippen molar-refractivity contribution in [2.45, 2.75) is 32.1 Å². The molecule has 5 nitrogen and oxygen atoms in total. The zero-order valence-corrected chi connectivity index (χ0v) is 14.4. The second-order valence-corrected chi connectivity index (χ2v) is 7.03. The van der Waals surface area contributed by atoms with E-state index >= 15 is 0 Å². The number of nitrogens with one attached hydrogen (secondary N) is 2. The molecule has 0 unspecified atom stereocenters. The average molecular weight is 329 g/mol. The fourth-order valence-electron chi connectivity index (χ4n) is 4.07. The minimum absolute atomic E-state index is 0.0250. The first-order valence-corrected chi connectivity index (χ1v) is 9.00. The van der Waals surface area contributed by atoms with Gasteiger partial charge in [0.15, 0.2) is 0 Å². The second kappa shape index (κ2) is 7.79. The van der Waals surface area contributed by atoms with Crippen LogP contribution in [-0.4, -0.2) is 43.4 Å². The second-order valence-electron chi connectivity index (χ2n) is 7.03. The number of hydrogen-bond donors (Lipinski definition) is 2. The van der Waals surface area contributed by atoms with Gasteiger partial charge in [0.05, 0.1) is 6.54 Å². The van der Waals surface area contributed by atoms with Gasteiger partial charge in [-0.25, -0.2) is 0 Å². The van der Waals surface area contributed by atoms with Gasteiger partial charge in [-0.3, -0.25) is 14.5 Å². The number of carbonyl (C=O) groups excluding carboxylic acids is 2. The molecule has 1 aromatic rings. The van der Waals surface area contributed by atoms with Crippen LogP contribution in [0.15, 0.2) is 24.3 Å². The van der Waals surface area contributed by atoms with Crippen molar-refractivity contribution >= 4 is 17.5 Å². The van der Waals surface area contributed by atoms with Crippen LogP contribution in [0, 0.1) is 11.8 Å². The Morgan fingerprint density at radius 3 is 2.50 bits per heavy atom. The summed E-state index contributed by atoms with van der Waals surface area (Å²) >= 11 is 0. The highest BCUT2D eigenvalue weighted by atomic mass is 16.2. The van der Waals surface area contributed by atoms with E-state index in [0.29, 0.717) is 12.1 Å². The Hall–Kier alpha value is -1.88. The molecule has 3 rings (SSSR count). The number of benzene rings is 1. The van der Waals surface area contributed by atoms with E-state index in [4.69, 9.17) is 0 Å². The number of carbonyl (C=O) groups is 2. The van der Waals surface area contributed by atoms with Gasteiger partial charge in [0.1, 0.15) is 0 Å². The van der Waals surface area contributed by atoms with Crippen molar-refractivity contribution in [1.29, 1.82) is 0 Å². The number of hydrogen-bond acceptors (Lipinski definition) is 3. The lowest BCUT2D eigenvalue weighted by molar-refractivity contribution is -0.118. The van der Waals surface area contributed by atoms with Crippen LogP contribution in [0.3, 0.4) is 0 Å². The first-order chi connectivity index (χ1) is 11.7. The molecule has 1 heterocycles. The third-order valence-corrected chi connectivity index (χ3v) is 5.40. The highest BCUT2D eigenvalue weighted by Gasteiger charge is 2.31. The molecule has 0 aromatic heterocycles. The summed E-state index contributed by atoms with van der Waals surface area (Å²) < 4.78 is 0. The zero-order chi connectivity index (χ0) is 16.9. The number of amides is 2. The Balaban J connectivity index is 1.49. The number of anilines is 1. The summed E-state index contributed by atoms with van der Waals surface area (Å²) in [4.78, 5) is 26.1. The van der Waals surface area contributed by atoms with E-state index in [9.17, 15) is 9.59 Å². The van der Waals surface area contributed by atoms with Gasteiger partial charge in [-0.05, 0) is 55.5 Å². The van der Waals surface area contributed by atoms with Crippen LogP contribution in [0.5, 0.6) is 0 Å². The van der Waals surface area contributed by atoms with E-state index in [2.05, 4.69) is 15.5 Å². The normalized spacial score (nSPS) is 24.0. The third kappa shape index (κ3) is 4.15. The molecule has 2 aliphatic rings. The lowest BCUT2D eigenvalue weighted by Crippen LogP contribution is -2.44. The molecule has 2 atom stereocenters. The molecule has 1 saturated carbocycles. The molecule has 130 valence electrons. The molecular weight excluding hydrogens is 302 g/mol. The minimum Gasteiger partial charge on any atom is -0.355 e. The van der Waals surface area contributed by atoms with Crippen LogP contribution in [0.4, 0.5) is 5.69 Å². The topological polar surface area (TPSA) is 61.4 Å². The van der Waals surface area contributed by atoms with Gasteiger partial charge in [0.25, 0.3) is 5.91 Å². The maximum absolute atomic E-state index is 12.3. The van der Waals surface area contributed by atoms with Crippen LogP contribution >= 0.6 is 0 Å². The first kappa shape index (κ1) is 17.0. The van der Waals surface area contributed by atoms with Gasteiger partial charge in [0.2, 0.25) is 5.91 Å². The molecule has 0 spiro atoms. The minimum atomic E-state index is -0.122.